The number of halogens is 1. The zero-order chi connectivity index (χ0) is 10.7. The van der Waals surface area contributed by atoms with Gasteiger partial charge in [-0.3, -0.25) is 0 Å². The highest BCUT2D eigenvalue weighted by Crippen LogP contribution is 2.19. The van der Waals surface area contributed by atoms with Crippen LogP contribution in [0.25, 0.3) is 11.3 Å². The molecule has 0 fully saturated rings. The molecule has 2 rings (SSSR count). The molecule has 1 aromatic heterocycles. The first-order valence-electron chi connectivity index (χ1n) is 4.47. The summed E-state index contributed by atoms with van der Waals surface area (Å²) in [6.45, 7) is -0.0802. The molecule has 0 spiro atoms. The van der Waals surface area contributed by atoms with E-state index in [9.17, 15) is 0 Å². The van der Waals surface area contributed by atoms with Crippen LogP contribution in [-0.2, 0) is 6.61 Å². The minimum atomic E-state index is -0.0802. The van der Waals surface area contributed by atoms with Crippen molar-refractivity contribution in [1.82, 2.24) is 9.97 Å². The lowest BCUT2D eigenvalue weighted by atomic mass is 10.1. The molecule has 0 aliphatic rings. The van der Waals surface area contributed by atoms with E-state index in [1.807, 2.05) is 12.1 Å². The summed E-state index contributed by atoms with van der Waals surface area (Å²) in [4.78, 5) is 8.04. The number of nitrogens with zero attached hydrogens (tertiary/aromatic N) is 2. The molecule has 15 heavy (non-hydrogen) atoms. The normalized spacial score (nSPS) is 10.3. The van der Waals surface area contributed by atoms with Crippen LogP contribution in [0.4, 0.5) is 0 Å². The van der Waals surface area contributed by atoms with Gasteiger partial charge in [0.05, 0.1) is 18.0 Å². The number of hydrogen-bond acceptors (Lipinski definition) is 3. The lowest BCUT2D eigenvalue weighted by Gasteiger charge is -2.01. The zero-order valence-corrected chi connectivity index (χ0v) is 8.65. The van der Waals surface area contributed by atoms with Crippen LogP contribution in [0.3, 0.4) is 0 Å². The Balaban J connectivity index is 2.40. The standard InChI is InChI=1S/C11H9ClN2O/c12-9-3-1-8(2-4-9)11-5-10(6-15)13-7-14-11/h1-5,7,15H,6H2. The van der Waals surface area contributed by atoms with Crippen molar-refractivity contribution in [1.29, 1.82) is 0 Å². The van der Waals surface area contributed by atoms with Crippen molar-refractivity contribution >= 4 is 11.6 Å². The van der Waals surface area contributed by atoms with Gasteiger partial charge in [-0.15, -0.1) is 0 Å². The quantitative estimate of drug-likeness (QED) is 0.845. The summed E-state index contributed by atoms with van der Waals surface area (Å²) in [5.74, 6) is 0. The Morgan fingerprint density at radius 2 is 1.87 bits per heavy atom. The second kappa shape index (κ2) is 4.38. The first kappa shape index (κ1) is 10.1. The molecule has 76 valence electrons. The maximum atomic E-state index is 8.94. The molecule has 3 nitrogen and oxygen atoms in total. The monoisotopic (exact) mass is 220 g/mol. The smallest absolute Gasteiger partial charge is 0.116 e. The Morgan fingerprint density at radius 3 is 2.53 bits per heavy atom. The number of benzene rings is 1. The van der Waals surface area contributed by atoms with E-state index in [-0.39, 0.29) is 6.61 Å². The predicted molar refractivity (Wildman–Crippen MR) is 58.4 cm³/mol. The van der Waals surface area contributed by atoms with Crippen molar-refractivity contribution in [2.24, 2.45) is 0 Å². The van der Waals surface area contributed by atoms with Crippen LogP contribution in [0.2, 0.25) is 5.02 Å². The molecule has 0 atom stereocenters. The molecule has 0 aliphatic carbocycles. The van der Waals surface area contributed by atoms with Crippen LogP contribution < -0.4 is 0 Å². The van der Waals surface area contributed by atoms with Gasteiger partial charge < -0.3 is 5.11 Å². The number of aromatic nitrogens is 2. The summed E-state index contributed by atoms with van der Waals surface area (Å²) in [7, 11) is 0. The summed E-state index contributed by atoms with van der Waals surface area (Å²) in [6, 6.07) is 9.12. The number of rotatable bonds is 2. The lowest BCUT2D eigenvalue weighted by molar-refractivity contribution is 0.276. The molecule has 4 heteroatoms. The molecule has 0 saturated heterocycles. The van der Waals surface area contributed by atoms with E-state index in [1.54, 1.807) is 18.2 Å². The van der Waals surface area contributed by atoms with Crippen LogP contribution in [0.1, 0.15) is 5.69 Å². The van der Waals surface area contributed by atoms with E-state index in [0.717, 1.165) is 11.3 Å². The summed E-state index contributed by atoms with van der Waals surface area (Å²) >= 11 is 5.78. The molecular formula is C11H9ClN2O. The average molecular weight is 221 g/mol. The zero-order valence-electron chi connectivity index (χ0n) is 7.89. The Kier molecular flexibility index (Phi) is 2.94. The van der Waals surface area contributed by atoms with Crippen LogP contribution >= 0.6 is 11.6 Å². The fourth-order valence-corrected chi connectivity index (χ4v) is 1.39. The minimum Gasteiger partial charge on any atom is -0.390 e. The Morgan fingerprint density at radius 1 is 1.13 bits per heavy atom. The van der Waals surface area contributed by atoms with Gasteiger partial charge in [-0.05, 0) is 18.2 Å². The second-order valence-electron chi connectivity index (χ2n) is 3.06. The SMILES string of the molecule is OCc1cc(-c2ccc(Cl)cc2)ncn1. The minimum absolute atomic E-state index is 0.0802. The van der Waals surface area contributed by atoms with E-state index < -0.39 is 0 Å². The van der Waals surface area contributed by atoms with Crippen LogP contribution in [0.5, 0.6) is 0 Å². The summed E-state index contributed by atoms with van der Waals surface area (Å²) in [5.41, 5.74) is 2.34. The molecule has 0 amide bonds. The maximum absolute atomic E-state index is 8.94. The molecule has 0 aliphatic heterocycles. The number of hydrogen-bond donors (Lipinski definition) is 1. The molecule has 2 aromatic rings. The van der Waals surface area contributed by atoms with Crippen molar-refractivity contribution in [2.75, 3.05) is 0 Å². The maximum Gasteiger partial charge on any atom is 0.116 e. The van der Waals surface area contributed by atoms with E-state index in [0.29, 0.717) is 10.7 Å². The van der Waals surface area contributed by atoms with E-state index in [4.69, 9.17) is 16.7 Å². The molecule has 1 heterocycles. The van der Waals surface area contributed by atoms with E-state index >= 15 is 0 Å². The fourth-order valence-electron chi connectivity index (χ4n) is 1.26. The highest BCUT2D eigenvalue weighted by Gasteiger charge is 2.00. The molecule has 1 aromatic carbocycles. The third-order valence-corrected chi connectivity index (χ3v) is 2.28. The topological polar surface area (TPSA) is 46.0 Å². The van der Waals surface area contributed by atoms with Gasteiger partial charge in [-0.25, -0.2) is 9.97 Å². The average Bonchev–Trinajstić information content (AvgIpc) is 2.30. The summed E-state index contributed by atoms with van der Waals surface area (Å²) in [6.07, 6.45) is 1.44. The molecule has 0 unspecified atom stereocenters. The fraction of sp³-hybridized carbons (Fsp3) is 0.0909. The van der Waals surface area contributed by atoms with Crippen molar-refractivity contribution in [2.45, 2.75) is 6.61 Å². The van der Waals surface area contributed by atoms with Gasteiger partial charge in [-0.1, -0.05) is 23.7 Å². The van der Waals surface area contributed by atoms with Crippen molar-refractivity contribution in [3.8, 4) is 11.3 Å². The van der Waals surface area contributed by atoms with Gasteiger partial charge >= 0.3 is 0 Å². The van der Waals surface area contributed by atoms with Crippen LogP contribution in [-0.4, -0.2) is 15.1 Å². The summed E-state index contributed by atoms with van der Waals surface area (Å²) < 4.78 is 0. The number of aliphatic hydroxyl groups is 1. The third-order valence-electron chi connectivity index (χ3n) is 2.03. The van der Waals surface area contributed by atoms with Crippen LogP contribution in [0.15, 0.2) is 36.7 Å². The Hall–Kier alpha value is -1.45. The Bertz CT molecular complexity index is 456. The second-order valence-corrected chi connectivity index (χ2v) is 3.50. The highest BCUT2D eigenvalue weighted by atomic mass is 35.5. The van der Waals surface area contributed by atoms with E-state index in [1.165, 1.54) is 6.33 Å². The predicted octanol–water partition coefficient (Wildman–Crippen LogP) is 2.29. The highest BCUT2D eigenvalue weighted by molar-refractivity contribution is 6.30. The van der Waals surface area contributed by atoms with Crippen LogP contribution in [0, 0.1) is 0 Å². The van der Waals surface area contributed by atoms with Gasteiger partial charge in [0.15, 0.2) is 0 Å². The van der Waals surface area contributed by atoms with Crippen molar-refractivity contribution in [3.05, 3.63) is 47.4 Å². The Labute approximate surface area is 92.4 Å². The molecule has 1 N–H and O–H groups in total. The lowest BCUT2D eigenvalue weighted by Crippen LogP contribution is -1.92. The van der Waals surface area contributed by atoms with Gasteiger partial charge in [0.1, 0.15) is 6.33 Å². The molecule has 0 saturated carbocycles. The first-order valence-corrected chi connectivity index (χ1v) is 4.85. The molecular weight excluding hydrogens is 212 g/mol. The van der Waals surface area contributed by atoms with E-state index in [2.05, 4.69) is 9.97 Å². The van der Waals surface area contributed by atoms with Gasteiger partial charge in [0.2, 0.25) is 0 Å². The number of aliphatic hydroxyl groups excluding tert-OH is 1. The van der Waals surface area contributed by atoms with Crippen molar-refractivity contribution in [3.63, 3.8) is 0 Å². The van der Waals surface area contributed by atoms with Crippen molar-refractivity contribution < 1.29 is 5.11 Å². The third kappa shape index (κ3) is 2.32. The van der Waals surface area contributed by atoms with Gasteiger partial charge in [0, 0.05) is 10.6 Å². The first-order chi connectivity index (χ1) is 7.29. The molecule has 0 radical (unpaired) electrons. The van der Waals surface area contributed by atoms with Gasteiger partial charge in [0.25, 0.3) is 0 Å². The largest absolute Gasteiger partial charge is 0.390 e. The summed E-state index contributed by atoms with van der Waals surface area (Å²) in [5, 5.41) is 9.63. The molecule has 0 bridgehead atoms. The van der Waals surface area contributed by atoms with Gasteiger partial charge in [-0.2, -0.15) is 0 Å².